The number of carbonyl (C=O) groups is 4. The van der Waals surface area contributed by atoms with Gasteiger partial charge in [-0.05, 0) is 63.0 Å². The predicted octanol–water partition coefficient (Wildman–Crippen LogP) is 3.67. The normalized spacial score (nSPS) is 21.2. The lowest BCUT2D eigenvalue weighted by Gasteiger charge is -2.41. The zero-order chi connectivity index (χ0) is 38.7. The Bertz CT molecular complexity index is 1290. The second kappa shape index (κ2) is 20.4. The molecule has 1 aliphatic carbocycles. The number of hydrogen-bond acceptors (Lipinski definition) is 8. The number of benzene rings is 1. The Labute approximate surface area is 312 Å². The highest BCUT2D eigenvalue weighted by molar-refractivity contribution is 5.90. The lowest BCUT2D eigenvalue weighted by atomic mass is 9.88. The van der Waals surface area contributed by atoms with E-state index in [1.54, 1.807) is 47.1 Å². The van der Waals surface area contributed by atoms with E-state index in [1.807, 2.05) is 62.9 Å². The smallest absolute Gasteiger partial charge is 0.245 e. The van der Waals surface area contributed by atoms with Gasteiger partial charge in [-0.25, -0.2) is 0 Å². The zero-order valence-corrected chi connectivity index (χ0v) is 33.3. The van der Waals surface area contributed by atoms with E-state index in [4.69, 9.17) is 9.47 Å². The Kier molecular flexibility index (Phi) is 17.0. The molecule has 1 saturated carbocycles. The fourth-order valence-corrected chi connectivity index (χ4v) is 8.35. The molecule has 2 aliphatic rings. The highest BCUT2D eigenvalue weighted by Crippen LogP contribution is 2.35. The van der Waals surface area contributed by atoms with Crippen LogP contribution in [0.5, 0.6) is 0 Å². The van der Waals surface area contributed by atoms with Crippen LogP contribution in [-0.4, -0.2) is 116 Å². The molecule has 52 heavy (non-hydrogen) atoms. The van der Waals surface area contributed by atoms with Crippen molar-refractivity contribution in [2.75, 3.05) is 34.9 Å². The Morgan fingerprint density at radius 3 is 2.02 bits per heavy atom. The van der Waals surface area contributed by atoms with Gasteiger partial charge >= 0.3 is 0 Å². The fraction of sp³-hybridized carbons (Fsp3) is 0.750. The summed E-state index contributed by atoms with van der Waals surface area (Å²) in [5, 5.41) is 19.9. The summed E-state index contributed by atoms with van der Waals surface area (Å²) in [6.07, 6.45) is 3.45. The Morgan fingerprint density at radius 1 is 0.865 bits per heavy atom. The molecular weight excluding hydrogens is 662 g/mol. The molecule has 1 aromatic rings. The molecule has 0 aromatic heterocycles. The predicted molar refractivity (Wildman–Crippen MR) is 202 cm³/mol. The van der Waals surface area contributed by atoms with Crippen molar-refractivity contribution >= 4 is 23.6 Å². The number of nitrogens with one attached hydrogen (secondary N) is 3. The molecule has 1 saturated heterocycles. The highest BCUT2D eigenvalue weighted by Gasteiger charge is 2.44. The van der Waals surface area contributed by atoms with Crippen molar-refractivity contribution in [2.24, 2.45) is 23.7 Å². The first kappa shape index (κ1) is 43.3. The van der Waals surface area contributed by atoms with Gasteiger partial charge in [0.2, 0.25) is 23.6 Å². The van der Waals surface area contributed by atoms with Crippen LogP contribution in [0.1, 0.15) is 98.2 Å². The Balaban J connectivity index is 1.77. The Hall–Kier alpha value is -3.06. The number of amides is 4. The van der Waals surface area contributed by atoms with Gasteiger partial charge in [0.15, 0.2) is 0 Å². The van der Waals surface area contributed by atoms with Crippen molar-refractivity contribution in [1.82, 2.24) is 25.8 Å². The highest BCUT2D eigenvalue weighted by atomic mass is 16.5. The topological polar surface area (TPSA) is 150 Å². The van der Waals surface area contributed by atoms with Crippen LogP contribution in [0.25, 0.3) is 0 Å². The molecular formula is C40H67N5O7. The van der Waals surface area contributed by atoms with Gasteiger partial charge in [0.05, 0.1) is 54.8 Å². The van der Waals surface area contributed by atoms with E-state index in [0.29, 0.717) is 18.5 Å². The van der Waals surface area contributed by atoms with Gasteiger partial charge in [0.25, 0.3) is 0 Å². The van der Waals surface area contributed by atoms with Crippen LogP contribution >= 0.6 is 0 Å². The van der Waals surface area contributed by atoms with Crippen LogP contribution in [0, 0.1) is 23.7 Å². The maximum absolute atomic E-state index is 14.2. The van der Waals surface area contributed by atoms with E-state index >= 15 is 0 Å². The number of carbonyl (C=O) groups excluding carboxylic acids is 4. The summed E-state index contributed by atoms with van der Waals surface area (Å²) >= 11 is 0. The molecule has 1 aliphatic heterocycles. The van der Waals surface area contributed by atoms with Crippen LogP contribution in [0.3, 0.4) is 0 Å². The average Bonchev–Trinajstić information content (AvgIpc) is 3.83. The average molecular weight is 730 g/mol. The molecule has 0 spiro atoms. The van der Waals surface area contributed by atoms with Crippen LogP contribution < -0.4 is 16.0 Å². The van der Waals surface area contributed by atoms with Crippen molar-refractivity contribution in [3.8, 4) is 0 Å². The maximum Gasteiger partial charge on any atom is 0.245 e. The number of rotatable bonds is 19. The van der Waals surface area contributed by atoms with Gasteiger partial charge in [0.1, 0.15) is 6.04 Å². The lowest BCUT2D eigenvalue weighted by Crippen LogP contribution is -2.59. The minimum Gasteiger partial charge on any atom is -0.386 e. The summed E-state index contributed by atoms with van der Waals surface area (Å²) in [6, 6.07) is 6.82. The summed E-state index contributed by atoms with van der Waals surface area (Å²) in [6.45, 7) is 11.9. The molecule has 0 radical (unpaired) electrons. The molecule has 4 amide bonds. The van der Waals surface area contributed by atoms with Crippen LogP contribution in [0.4, 0.5) is 0 Å². The van der Waals surface area contributed by atoms with E-state index < -0.39 is 42.4 Å². The first-order valence-corrected chi connectivity index (χ1v) is 19.3. The number of nitrogens with zero attached hydrogens (tertiary/aromatic N) is 2. The minimum atomic E-state index is -0.871. The summed E-state index contributed by atoms with van der Waals surface area (Å²) < 4.78 is 12.0. The molecule has 0 bridgehead atoms. The van der Waals surface area contributed by atoms with Gasteiger partial charge in [0, 0.05) is 27.8 Å². The summed E-state index contributed by atoms with van der Waals surface area (Å²) in [5.41, 5.74) is 0.716. The third-order valence-corrected chi connectivity index (χ3v) is 11.4. The standard InChI is InChI=1S/C40H67N5O7/c1-24(2)33(41-7)39(49)43-34(25(3)4)40(50)44(8)35(28-17-14-15-18-28)31(51-9)23-32(46)45-22-16-21-30(45)37(52-10)26(5)38(48)42-27(6)36(47)29-19-12-11-13-20-29/h11-13,19-20,24-28,30-31,33-37,41,47H,14-18,21-23H2,1-10H3,(H,42,48)(H,43,49)/t26-,27-,30+,31-,33+,34+,35+,36-,37-/m1/s1. The molecule has 294 valence electrons. The van der Waals surface area contributed by atoms with Crippen LogP contribution in [-0.2, 0) is 28.7 Å². The summed E-state index contributed by atoms with van der Waals surface area (Å²) in [5.74, 6) is -1.34. The summed E-state index contributed by atoms with van der Waals surface area (Å²) in [4.78, 5) is 58.7. The molecule has 1 aromatic carbocycles. The fourth-order valence-electron chi connectivity index (χ4n) is 8.35. The third-order valence-electron chi connectivity index (χ3n) is 11.4. The minimum absolute atomic E-state index is 0.0429. The van der Waals surface area contributed by atoms with E-state index in [1.165, 1.54) is 0 Å². The first-order valence-electron chi connectivity index (χ1n) is 19.3. The molecule has 12 heteroatoms. The molecule has 3 rings (SSSR count). The van der Waals surface area contributed by atoms with Gasteiger partial charge in [-0.15, -0.1) is 0 Å². The number of aliphatic hydroxyl groups excluding tert-OH is 1. The molecule has 2 fully saturated rings. The van der Waals surface area contributed by atoms with Crippen LogP contribution in [0.15, 0.2) is 30.3 Å². The van der Waals surface area contributed by atoms with Gasteiger partial charge in [-0.1, -0.05) is 77.8 Å². The quantitative estimate of drug-likeness (QED) is 0.169. The van der Waals surface area contributed by atoms with E-state index in [-0.39, 0.29) is 59.9 Å². The zero-order valence-electron chi connectivity index (χ0n) is 33.3. The van der Waals surface area contributed by atoms with Crippen molar-refractivity contribution < 1.29 is 33.8 Å². The largest absolute Gasteiger partial charge is 0.386 e. The molecule has 12 nitrogen and oxygen atoms in total. The van der Waals surface area contributed by atoms with Crippen molar-refractivity contribution in [3.63, 3.8) is 0 Å². The summed E-state index contributed by atoms with van der Waals surface area (Å²) in [7, 11) is 6.68. The number of hydrogen-bond donors (Lipinski definition) is 4. The van der Waals surface area contributed by atoms with E-state index in [9.17, 15) is 24.3 Å². The number of likely N-dealkylation sites (N-methyl/N-ethyl adjacent to an activating group) is 2. The lowest BCUT2D eigenvalue weighted by molar-refractivity contribution is -0.148. The van der Waals surface area contributed by atoms with Gasteiger partial charge in [-0.2, -0.15) is 0 Å². The van der Waals surface area contributed by atoms with E-state index in [0.717, 1.165) is 32.1 Å². The third kappa shape index (κ3) is 10.8. The second-order valence-electron chi connectivity index (χ2n) is 15.6. The monoisotopic (exact) mass is 730 g/mol. The van der Waals surface area contributed by atoms with Crippen molar-refractivity contribution in [1.29, 1.82) is 0 Å². The van der Waals surface area contributed by atoms with Crippen molar-refractivity contribution in [2.45, 2.75) is 135 Å². The number of ether oxygens (including phenoxy) is 2. The number of aliphatic hydroxyl groups is 1. The molecule has 0 unspecified atom stereocenters. The number of likely N-dealkylation sites (tertiary alicyclic amines) is 1. The molecule has 9 atom stereocenters. The van der Waals surface area contributed by atoms with Gasteiger partial charge < -0.3 is 40.3 Å². The van der Waals surface area contributed by atoms with Crippen LogP contribution in [0.2, 0.25) is 0 Å². The number of methoxy groups -OCH3 is 2. The van der Waals surface area contributed by atoms with Crippen molar-refractivity contribution in [3.05, 3.63) is 35.9 Å². The molecule has 1 heterocycles. The van der Waals surface area contributed by atoms with Gasteiger partial charge in [-0.3, -0.25) is 19.2 Å². The van der Waals surface area contributed by atoms with E-state index in [2.05, 4.69) is 16.0 Å². The SMILES string of the molecule is CN[C@H](C(=O)N[C@H](C(=O)N(C)[C@@H](C1CCCC1)[C@@H](CC(=O)N1CCC[C@H]1[C@H](OC)[C@@H](C)C(=O)N[C@H](C)[C@@H](O)c1ccccc1)OC)C(C)C)C(C)C. The second-order valence-corrected chi connectivity index (χ2v) is 15.6. The first-order chi connectivity index (χ1) is 24.7. The molecule has 4 N–H and O–H groups in total. The Morgan fingerprint density at radius 2 is 1.48 bits per heavy atom. The maximum atomic E-state index is 14.2.